The molecule has 2 N–H and O–H groups in total. The number of nitrogens with one attached hydrogen (secondary N) is 2. The minimum atomic E-state index is 0.0905. The predicted octanol–water partition coefficient (Wildman–Crippen LogP) is 0.481. The summed E-state index contributed by atoms with van der Waals surface area (Å²) in [5, 5.41) is 5.72. The van der Waals surface area contributed by atoms with E-state index in [1.807, 2.05) is 0 Å². The van der Waals surface area contributed by atoms with Crippen LogP contribution in [-0.2, 0) is 9.59 Å². The van der Waals surface area contributed by atoms with Crippen LogP contribution in [0.1, 0.15) is 32.1 Å². The molecule has 0 aromatic rings. The maximum Gasteiger partial charge on any atom is 0.220 e. The van der Waals surface area contributed by atoms with E-state index in [2.05, 4.69) is 23.3 Å². The van der Waals surface area contributed by atoms with Gasteiger partial charge in [-0.25, -0.2) is 0 Å². The Balaban J connectivity index is 1.66. The van der Waals surface area contributed by atoms with Crippen molar-refractivity contribution in [2.45, 2.75) is 38.1 Å². The van der Waals surface area contributed by atoms with Crippen molar-refractivity contribution >= 4 is 24.4 Å². The fraction of sp³-hybridized carbons (Fsp3) is 0.818. The van der Waals surface area contributed by atoms with Crippen molar-refractivity contribution in [2.24, 2.45) is 5.41 Å². The van der Waals surface area contributed by atoms with Crippen LogP contribution in [0.2, 0.25) is 0 Å². The third kappa shape index (κ3) is 2.90. The molecule has 90 valence electrons. The first-order valence-corrected chi connectivity index (χ1v) is 6.44. The van der Waals surface area contributed by atoms with Crippen LogP contribution in [0.4, 0.5) is 0 Å². The monoisotopic (exact) mass is 242 g/mol. The van der Waals surface area contributed by atoms with Gasteiger partial charge in [-0.3, -0.25) is 9.59 Å². The molecule has 1 aliphatic carbocycles. The first-order valence-electron chi connectivity index (χ1n) is 5.80. The van der Waals surface area contributed by atoms with Crippen molar-refractivity contribution in [3.8, 4) is 0 Å². The number of carbonyl (C=O) groups is 2. The van der Waals surface area contributed by atoms with Crippen molar-refractivity contribution in [1.29, 1.82) is 0 Å². The minimum absolute atomic E-state index is 0.0905. The molecule has 5 heteroatoms. The van der Waals surface area contributed by atoms with Gasteiger partial charge in [-0.15, -0.1) is 0 Å². The standard InChI is InChI=1S/C11H18N2O2S/c14-9-2-1-8(13-9)6-12-10(15)5-11(7-16)3-4-11/h8,16H,1-7H2,(H,12,15)(H,13,14). The smallest absolute Gasteiger partial charge is 0.220 e. The Labute approximate surface area is 101 Å². The van der Waals surface area contributed by atoms with Gasteiger partial charge >= 0.3 is 0 Å². The number of rotatable bonds is 5. The molecule has 16 heavy (non-hydrogen) atoms. The highest BCUT2D eigenvalue weighted by Gasteiger charge is 2.42. The maximum absolute atomic E-state index is 11.6. The zero-order valence-corrected chi connectivity index (χ0v) is 10.2. The number of thiol groups is 1. The lowest BCUT2D eigenvalue weighted by molar-refractivity contribution is -0.123. The molecular formula is C11H18N2O2S. The second-order valence-electron chi connectivity index (χ2n) is 4.94. The molecular weight excluding hydrogens is 224 g/mol. The molecule has 0 aromatic carbocycles. The first-order chi connectivity index (χ1) is 7.63. The highest BCUT2D eigenvalue weighted by Crippen LogP contribution is 2.49. The van der Waals surface area contributed by atoms with Crippen LogP contribution in [0.15, 0.2) is 0 Å². The van der Waals surface area contributed by atoms with E-state index in [4.69, 9.17) is 0 Å². The second-order valence-corrected chi connectivity index (χ2v) is 5.26. The topological polar surface area (TPSA) is 58.2 Å². The van der Waals surface area contributed by atoms with Gasteiger partial charge in [0.1, 0.15) is 0 Å². The van der Waals surface area contributed by atoms with E-state index in [1.54, 1.807) is 0 Å². The van der Waals surface area contributed by atoms with Crippen LogP contribution in [0, 0.1) is 5.41 Å². The van der Waals surface area contributed by atoms with Gasteiger partial charge in [0, 0.05) is 25.4 Å². The SMILES string of the molecule is O=C(CC1(CS)CC1)NCC1CCC(=O)N1. The van der Waals surface area contributed by atoms with Gasteiger partial charge in [0.15, 0.2) is 0 Å². The molecule has 4 nitrogen and oxygen atoms in total. The lowest BCUT2D eigenvalue weighted by atomic mass is 10.1. The Morgan fingerprint density at radius 1 is 1.56 bits per heavy atom. The van der Waals surface area contributed by atoms with Gasteiger partial charge in [0.05, 0.1) is 0 Å². The molecule has 0 radical (unpaired) electrons. The molecule has 2 fully saturated rings. The molecule has 1 saturated carbocycles. The predicted molar refractivity (Wildman–Crippen MR) is 64.3 cm³/mol. The summed E-state index contributed by atoms with van der Waals surface area (Å²) in [5.74, 6) is 0.974. The van der Waals surface area contributed by atoms with Gasteiger partial charge in [-0.1, -0.05) is 0 Å². The quantitative estimate of drug-likeness (QED) is 0.614. The first kappa shape index (κ1) is 11.8. The van der Waals surface area contributed by atoms with Gasteiger partial charge in [-0.2, -0.15) is 12.6 Å². The molecule has 1 saturated heterocycles. The normalized spacial score (nSPS) is 26.3. The van der Waals surface area contributed by atoms with E-state index < -0.39 is 0 Å². The summed E-state index contributed by atoms with van der Waals surface area (Å²) in [6.07, 6.45) is 4.23. The Hall–Kier alpha value is -0.710. The van der Waals surface area contributed by atoms with E-state index in [9.17, 15) is 9.59 Å². The lowest BCUT2D eigenvalue weighted by Gasteiger charge is -2.14. The lowest BCUT2D eigenvalue weighted by Crippen LogP contribution is -2.39. The largest absolute Gasteiger partial charge is 0.354 e. The highest BCUT2D eigenvalue weighted by molar-refractivity contribution is 7.80. The van der Waals surface area contributed by atoms with Crippen LogP contribution in [0.25, 0.3) is 0 Å². The summed E-state index contributed by atoms with van der Waals surface area (Å²) < 4.78 is 0. The van der Waals surface area contributed by atoms with Gasteiger partial charge < -0.3 is 10.6 Å². The van der Waals surface area contributed by atoms with Crippen molar-refractivity contribution in [1.82, 2.24) is 10.6 Å². The fourth-order valence-corrected chi connectivity index (χ4v) is 2.47. The van der Waals surface area contributed by atoms with E-state index in [1.165, 1.54) is 0 Å². The van der Waals surface area contributed by atoms with Crippen molar-refractivity contribution in [2.75, 3.05) is 12.3 Å². The molecule has 0 bridgehead atoms. The average Bonchev–Trinajstić information content (AvgIpc) is 2.91. The molecule has 1 atom stereocenters. The molecule has 1 heterocycles. The summed E-state index contributed by atoms with van der Waals surface area (Å²) in [6.45, 7) is 0.563. The van der Waals surface area contributed by atoms with Crippen molar-refractivity contribution in [3.63, 3.8) is 0 Å². The molecule has 1 aliphatic heterocycles. The third-order valence-electron chi connectivity index (χ3n) is 3.46. The number of amides is 2. The van der Waals surface area contributed by atoms with E-state index >= 15 is 0 Å². The summed E-state index contributed by atoms with van der Waals surface area (Å²) in [5.41, 5.74) is 0.173. The van der Waals surface area contributed by atoms with Crippen LogP contribution in [0.5, 0.6) is 0 Å². The number of hydrogen-bond donors (Lipinski definition) is 3. The van der Waals surface area contributed by atoms with E-state index in [-0.39, 0.29) is 23.3 Å². The highest BCUT2D eigenvalue weighted by atomic mass is 32.1. The Kier molecular flexibility index (Phi) is 3.42. The molecule has 0 spiro atoms. The van der Waals surface area contributed by atoms with Crippen LogP contribution in [0.3, 0.4) is 0 Å². The van der Waals surface area contributed by atoms with Crippen LogP contribution < -0.4 is 10.6 Å². The summed E-state index contributed by atoms with van der Waals surface area (Å²) >= 11 is 4.27. The number of carbonyl (C=O) groups excluding carboxylic acids is 2. The molecule has 2 rings (SSSR count). The van der Waals surface area contributed by atoms with Gasteiger partial charge in [-0.05, 0) is 30.4 Å². The zero-order chi connectivity index (χ0) is 11.6. The summed E-state index contributed by atoms with van der Waals surface area (Å²) in [6, 6.07) is 0.127. The van der Waals surface area contributed by atoms with Crippen molar-refractivity contribution < 1.29 is 9.59 Å². The van der Waals surface area contributed by atoms with E-state index in [0.29, 0.717) is 19.4 Å². The van der Waals surface area contributed by atoms with Crippen molar-refractivity contribution in [3.05, 3.63) is 0 Å². The molecule has 1 unspecified atom stereocenters. The third-order valence-corrected chi connectivity index (χ3v) is 4.13. The molecule has 2 aliphatic rings. The average molecular weight is 242 g/mol. The van der Waals surface area contributed by atoms with E-state index in [0.717, 1.165) is 25.0 Å². The number of hydrogen-bond acceptors (Lipinski definition) is 3. The van der Waals surface area contributed by atoms with Crippen LogP contribution >= 0.6 is 12.6 Å². The second kappa shape index (κ2) is 4.65. The van der Waals surface area contributed by atoms with Gasteiger partial charge in [0.25, 0.3) is 0 Å². The Bertz CT molecular complexity index is 302. The van der Waals surface area contributed by atoms with Crippen LogP contribution in [-0.4, -0.2) is 30.2 Å². The fourth-order valence-electron chi connectivity index (χ4n) is 2.04. The zero-order valence-electron chi connectivity index (χ0n) is 9.29. The molecule has 0 aromatic heterocycles. The minimum Gasteiger partial charge on any atom is -0.354 e. The molecule has 2 amide bonds. The Morgan fingerprint density at radius 2 is 2.31 bits per heavy atom. The maximum atomic E-state index is 11.6. The Morgan fingerprint density at radius 3 is 2.81 bits per heavy atom. The van der Waals surface area contributed by atoms with Gasteiger partial charge in [0.2, 0.25) is 11.8 Å². The summed E-state index contributed by atoms with van der Waals surface area (Å²) in [7, 11) is 0. The summed E-state index contributed by atoms with van der Waals surface area (Å²) in [4.78, 5) is 22.6.